The minimum Gasteiger partial charge on any atom is -0.508 e. The molecule has 4 aliphatic rings. The summed E-state index contributed by atoms with van der Waals surface area (Å²) in [4.78, 5) is 14.1. The van der Waals surface area contributed by atoms with Crippen LogP contribution in [0.1, 0.15) is 146 Å². The molecule has 3 saturated carbocycles. The summed E-state index contributed by atoms with van der Waals surface area (Å²) in [6.07, 6.45) is 17.0. The van der Waals surface area contributed by atoms with Crippen molar-refractivity contribution in [3.63, 3.8) is 0 Å². The number of rotatable bonds is 14. The number of aromatic hydroxyl groups is 1. The molecule has 1 aromatic carbocycles. The van der Waals surface area contributed by atoms with Gasteiger partial charge in [0.2, 0.25) is 5.91 Å². The van der Waals surface area contributed by atoms with Gasteiger partial charge in [0.25, 0.3) is 0 Å². The molecule has 3 fully saturated rings. The molecule has 3 unspecified atom stereocenters. The number of carbonyl (C=O) groups excluding carboxylic acids is 1. The predicted molar refractivity (Wildman–Crippen MR) is 164 cm³/mol. The predicted octanol–water partition coefficient (Wildman–Crippen LogP) is 8.85. The zero-order chi connectivity index (χ0) is 29.2. The van der Waals surface area contributed by atoms with Gasteiger partial charge in [-0.3, -0.25) is 4.79 Å². The highest BCUT2D eigenvalue weighted by Crippen LogP contribution is 2.77. The molecule has 4 nitrogen and oxygen atoms in total. The largest absolute Gasteiger partial charge is 0.508 e. The standard InChI is InChI=1S/C36H56FNO3/c1-4-5-22-38(3)32(41)15-13-11-9-7-6-8-10-12-14-28-33-27(26-17-16-25(39)23-29(26)34(28)37)18-19-35(2)30(33)24-31(40)36(35)20-21-36/h16-17,23,27-28,30-31,33-34,39-40H,4-15,18-22,24H2,1-3H3/t27?,28-,30?,31+,33?,34+,35-/m0/s1. The number of benzene rings is 1. The van der Waals surface area contributed by atoms with Crippen molar-refractivity contribution in [3.8, 4) is 5.75 Å². The average Bonchev–Trinajstić information content (AvgIpc) is 3.75. The van der Waals surface area contributed by atoms with Crippen LogP contribution in [0.5, 0.6) is 5.75 Å². The number of phenolic OH excluding ortho intramolecular Hbond substituents is 1. The third kappa shape index (κ3) is 5.95. The maximum atomic E-state index is 16.4. The summed E-state index contributed by atoms with van der Waals surface area (Å²) < 4.78 is 16.4. The van der Waals surface area contributed by atoms with Crippen LogP contribution in [0.4, 0.5) is 4.39 Å². The van der Waals surface area contributed by atoms with E-state index in [0.717, 1.165) is 94.7 Å². The Morgan fingerprint density at radius 1 is 1.00 bits per heavy atom. The normalized spacial score (nSPS) is 32.8. The summed E-state index contributed by atoms with van der Waals surface area (Å²) >= 11 is 0. The van der Waals surface area contributed by atoms with Crippen LogP contribution in [0.25, 0.3) is 0 Å². The van der Waals surface area contributed by atoms with Crippen molar-refractivity contribution in [3.05, 3.63) is 29.3 Å². The molecule has 7 atom stereocenters. The van der Waals surface area contributed by atoms with Gasteiger partial charge in [-0.25, -0.2) is 4.39 Å². The van der Waals surface area contributed by atoms with Crippen LogP contribution in [0.3, 0.4) is 0 Å². The smallest absolute Gasteiger partial charge is 0.222 e. The molecule has 1 amide bonds. The fourth-order valence-corrected chi connectivity index (χ4v) is 9.75. The van der Waals surface area contributed by atoms with E-state index in [1.807, 2.05) is 18.0 Å². The van der Waals surface area contributed by atoms with Crippen LogP contribution in [0.15, 0.2) is 18.2 Å². The SMILES string of the molecule is CCCCN(C)C(=O)CCCCCCCCCC[C@H]1C2C(CC[C@@]3(C)C2C[C@@H](O)C32CC2)c2ccc(O)cc2[C@@H]1F. The number of fused-ring (bicyclic) bond motifs is 6. The van der Waals surface area contributed by atoms with Gasteiger partial charge in [-0.2, -0.15) is 0 Å². The Morgan fingerprint density at radius 2 is 1.68 bits per heavy atom. The van der Waals surface area contributed by atoms with E-state index >= 15 is 4.39 Å². The first-order valence-electron chi connectivity index (χ1n) is 17.1. The molecular weight excluding hydrogens is 513 g/mol. The van der Waals surface area contributed by atoms with Crippen molar-refractivity contribution in [2.45, 2.75) is 141 Å². The van der Waals surface area contributed by atoms with E-state index in [2.05, 4.69) is 13.8 Å². The molecule has 0 aliphatic heterocycles. The van der Waals surface area contributed by atoms with Gasteiger partial charge in [0.05, 0.1) is 6.10 Å². The Hall–Kier alpha value is -1.62. The minimum absolute atomic E-state index is 0.0204. The van der Waals surface area contributed by atoms with E-state index in [-0.39, 0.29) is 34.5 Å². The monoisotopic (exact) mass is 569 g/mol. The van der Waals surface area contributed by atoms with Crippen LogP contribution in [-0.4, -0.2) is 40.7 Å². The van der Waals surface area contributed by atoms with Gasteiger partial charge in [0, 0.05) is 25.4 Å². The number of hydrogen-bond acceptors (Lipinski definition) is 3. The fourth-order valence-electron chi connectivity index (χ4n) is 9.75. The summed E-state index contributed by atoms with van der Waals surface area (Å²) in [7, 11) is 1.92. The molecule has 5 rings (SSSR count). The van der Waals surface area contributed by atoms with Gasteiger partial charge >= 0.3 is 0 Å². The van der Waals surface area contributed by atoms with E-state index in [9.17, 15) is 15.0 Å². The molecule has 2 N–H and O–H groups in total. The number of carbonyl (C=O) groups is 1. The van der Waals surface area contributed by atoms with E-state index in [4.69, 9.17) is 0 Å². The average molecular weight is 570 g/mol. The van der Waals surface area contributed by atoms with Crippen molar-refractivity contribution in [2.24, 2.45) is 28.6 Å². The molecule has 5 heteroatoms. The molecule has 0 aromatic heterocycles. The van der Waals surface area contributed by atoms with E-state index in [0.29, 0.717) is 24.2 Å². The third-order valence-electron chi connectivity index (χ3n) is 12.4. The van der Waals surface area contributed by atoms with Gasteiger partial charge in [-0.05, 0) is 104 Å². The molecular formula is C36H56FNO3. The first kappa shape index (κ1) is 30.8. The van der Waals surface area contributed by atoms with Crippen LogP contribution in [0, 0.1) is 28.6 Å². The molecule has 41 heavy (non-hydrogen) atoms. The Labute approximate surface area is 248 Å². The van der Waals surface area contributed by atoms with Crippen LogP contribution in [-0.2, 0) is 4.79 Å². The van der Waals surface area contributed by atoms with E-state index < -0.39 is 6.17 Å². The second-order valence-electron chi connectivity index (χ2n) is 14.6. The molecule has 1 aromatic rings. The Balaban J connectivity index is 1.11. The van der Waals surface area contributed by atoms with Crippen LogP contribution < -0.4 is 0 Å². The number of aliphatic hydroxyl groups excluding tert-OH is 1. The highest BCUT2D eigenvalue weighted by atomic mass is 19.1. The quantitative estimate of drug-likeness (QED) is 0.220. The molecule has 0 bridgehead atoms. The lowest BCUT2D eigenvalue weighted by Gasteiger charge is -2.54. The molecule has 0 saturated heterocycles. The maximum absolute atomic E-state index is 16.4. The van der Waals surface area contributed by atoms with Gasteiger partial charge in [0.15, 0.2) is 0 Å². The Kier molecular flexibility index (Phi) is 9.73. The van der Waals surface area contributed by atoms with Crippen molar-refractivity contribution < 1.29 is 19.4 Å². The number of halogens is 1. The number of amides is 1. The molecule has 1 spiro atoms. The van der Waals surface area contributed by atoms with E-state index in [1.54, 1.807) is 12.1 Å². The number of phenols is 1. The first-order valence-corrected chi connectivity index (χ1v) is 17.1. The second-order valence-corrected chi connectivity index (χ2v) is 14.6. The molecule has 0 heterocycles. The molecule has 0 radical (unpaired) electrons. The lowest BCUT2D eigenvalue weighted by Crippen LogP contribution is -2.47. The van der Waals surface area contributed by atoms with Crippen molar-refractivity contribution in [2.75, 3.05) is 13.6 Å². The summed E-state index contributed by atoms with van der Waals surface area (Å²) in [6, 6.07) is 5.43. The number of alkyl halides is 1. The number of hydrogen-bond donors (Lipinski definition) is 2. The second kappa shape index (κ2) is 12.9. The van der Waals surface area contributed by atoms with Gasteiger partial charge in [-0.15, -0.1) is 0 Å². The lowest BCUT2D eigenvalue weighted by molar-refractivity contribution is -0.130. The van der Waals surface area contributed by atoms with Gasteiger partial charge < -0.3 is 15.1 Å². The zero-order valence-electron chi connectivity index (χ0n) is 26.1. The summed E-state index contributed by atoms with van der Waals surface area (Å²) in [6.45, 7) is 5.45. The lowest BCUT2D eigenvalue weighted by atomic mass is 9.50. The van der Waals surface area contributed by atoms with Crippen molar-refractivity contribution >= 4 is 5.91 Å². The minimum atomic E-state index is -1.03. The number of unbranched alkanes of at least 4 members (excludes halogenated alkanes) is 8. The number of aliphatic hydroxyl groups is 1. The highest BCUT2D eigenvalue weighted by Gasteiger charge is 2.71. The van der Waals surface area contributed by atoms with E-state index in [1.165, 1.54) is 25.7 Å². The van der Waals surface area contributed by atoms with Crippen LogP contribution >= 0.6 is 0 Å². The van der Waals surface area contributed by atoms with Crippen molar-refractivity contribution in [1.29, 1.82) is 0 Å². The summed E-state index contributed by atoms with van der Waals surface area (Å²) in [5.74, 6) is 1.46. The van der Waals surface area contributed by atoms with Gasteiger partial charge in [-0.1, -0.05) is 71.3 Å². The Bertz CT molecular complexity index is 1040. The van der Waals surface area contributed by atoms with Crippen molar-refractivity contribution in [1.82, 2.24) is 4.90 Å². The van der Waals surface area contributed by atoms with Gasteiger partial charge in [0.1, 0.15) is 11.9 Å². The Morgan fingerprint density at radius 3 is 2.37 bits per heavy atom. The summed E-state index contributed by atoms with van der Waals surface area (Å²) in [5, 5.41) is 21.4. The zero-order valence-corrected chi connectivity index (χ0v) is 26.1. The highest BCUT2D eigenvalue weighted by molar-refractivity contribution is 5.75. The first-order chi connectivity index (χ1) is 19.7. The number of nitrogens with zero attached hydrogens (tertiary/aromatic N) is 1. The molecule has 230 valence electrons. The summed E-state index contributed by atoms with van der Waals surface area (Å²) in [5.41, 5.74) is 2.08. The third-order valence-corrected chi connectivity index (χ3v) is 12.4. The topological polar surface area (TPSA) is 60.8 Å². The van der Waals surface area contributed by atoms with Crippen LogP contribution in [0.2, 0.25) is 0 Å². The molecule has 4 aliphatic carbocycles. The maximum Gasteiger partial charge on any atom is 0.222 e. The fraction of sp³-hybridized carbons (Fsp3) is 0.806.